The molecular formula is C19H26FN5O9. The van der Waals surface area contributed by atoms with Crippen LogP contribution in [0.4, 0.5) is 20.7 Å². The van der Waals surface area contributed by atoms with Gasteiger partial charge in [0.1, 0.15) is 17.9 Å². The lowest BCUT2D eigenvalue weighted by molar-refractivity contribution is -0.388. The molecule has 0 aromatic carbocycles. The second kappa shape index (κ2) is 14.2. The molecule has 0 radical (unpaired) electrons. The van der Waals surface area contributed by atoms with Crippen LogP contribution in [0.2, 0.25) is 0 Å². The van der Waals surface area contributed by atoms with Crippen molar-refractivity contribution < 1.29 is 43.8 Å². The number of nitrogens with one attached hydrogen (secondary N) is 3. The van der Waals surface area contributed by atoms with Gasteiger partial charge in [0, 0.05) is 19.0 Å². The number of aliphatic carboxylic acids is 3. The summed E-state index contributed by atoms with van der Waals surface area (Å²) >= 11 is 0. The normalized spacial score (nSPS) is 12.3. The van der Waals surface area contributed by atoms with E-state index in [-0.39, 0.29) is 18.7 Å². The average Bonchev–Trinajstić information content (AvgIpc) is 2.74. The van der Waals surface area contributed by atoms with Crippen molar-refractivity contribution >= 4 is 35.4 Å². The van der Waals surface area contributed by atoms with Crippen LogP contribution in [0, 0.1) is 16.1 Å². The number of aromatic nitrogens is 1. The monoisotopic (exact) mass is 487 g/mol. The quantitative estimate of drug-likeness (QED) is 0.0849. The molecule has 14 nitrogen and oxygen atoms in total. The van der Waals surface area contributed by atoms with Gasteiger partial charge in [-0.1, -0.05) is 19.3 Å². The van der Waals surface area contributed by atoms with E-state index < -0.39 is 59.0 Å². The molecule has 15 heteroatoms. The number of nitro groups is 1. The minimum atomic E-state index is -1.48. The summed E-state index contributed by atoms with van der Waals surface area (Å²) < 4.78 is 13.5. The van der Waals surface area contributed by atoms with Crippen LogP contribution in [0.25, 0.3) is 0 Å². The van der Waals surface area contributed by atoms with E-state index in [2.05, 4.69) is 20.9 Å². The number of carboxylic acid groups (broad SMARTS) is 3. The van der Waals surface area contributed by atoms with Crippen molar-refractivity contribution in [3.05, 3.63) is 28.2 Å². The average molecular weight is 487 g/mol. The van der Waals surface area contributed by atoms with Crippen LogP contribution < -0.4 is 16.0 Å². The fourth-order valence-corrected chi connectivity index (χ4v) is 2.85. The largest absolute Gasteiger partial charge is 0.481 e. The topological polar surface area (TPSA) is 221 Å². The number of carbonyl (C=O) groups excluding carboxylic acids is 1. The summed E-state index contributed by atoms with van der Waals surface area (Å²) in [4.78, 5) is 58.1. The molecule has 1 rings (SSSR count). The Morgan fingerprint density at radius 1 is 0.971 bits per heavy atom. The first kappa shape index (κ1) is 28.0. The van der Waals surface area contributed by atoms with Crippen molar-refractivity contribution in [2.24, 2.45) is 0 Å². The van der Waals surface area contributed by atoms with E-state index in [9.17, 15) is 38.8 Å². The molecule has 188 valence electrons. The number of hydrogen-bond acceptors (Lipinski definition) is 8. The Morgan fingerprint density at radius 2 is 1.56 bits per heavy atom. The van der Waals surface area contributed by atoms with E-state index in [0.29, 0.717) is 32.2 Å². The van der Waals surface area contributed by atoms with Gasteiger partial charge in [-0.25, -0.2) is 14.4 Å². The van der Waals surface area contributed by atoms with Crippen molar-refractivity contribution in [2.75, 3.05) is 11.9 Å². The highest BCUT2D eigenvalue weighted by molar-refractivity contribution is 5.86. The smallest absolute Gasteiger partial charge is 0.326 e. The van der Waals surface area contributed by atoms with Crippen LogP contribution in [-0.4, -0.2) is 67.8 Å². The van der Waals surface area contributed by atoms with Crippen LogP contribution in [-0.2, 0) is 14.4 Å². The van der Waals surface area contributed by atoms with E-state index in [1.54, 1.807) is 0 Å². The van der Waals surface area contributed by atoms with E-state index in [0.717, 1.165) is 6.07 Å². The zero-order valence-electron chi connectivity index (χ0n) is 18.0. The number of halogens is 1. The van der Waals surface area contributed by atoms with E-state index in [4.69, 9.17) is 10.2 Å². The second-order valence-electron chi connectivity index (χ2n) is 7.23. The van der Waals surface area contributed by atoms with Gasteiger partial charge in [-0.3, -0.25) is 14.9 Å². The van der Waals surface area contributed by atoms with Crippen molar-refractivity contribution in [2.45, 2.75) is 57.0 Å². The molecule has 1 aromatic heterocycles. The van der Waals surface area contributed by atoms with Crippen LogP contribution in [0.5, 0.6) is 0 Å². The number of amides is 2. The summed E-state index contributed by atoms with van der Waals surface area (Å²) in [6, 6.07) is -1.48. The number of anilines is 1. The molecule has 1 aromatic rings. The second-order valence-corrected chi connectivity index (χ2v) is 7.23. The minimum Gasteiger partial charge on any atom is -0.481 e. The molecule has 0 saturated carbocycles. The number of pyridine rings is 1. The Labute approximate surface area is 192 Å². The van der Waals surface area contributed by atoms with Crippen molar-refractivity contribution in [3.8, 4) is 0 Å². The standard InChI is InChI=1S/C19H26FN5O9/c20-16-13(25(33)34)7-8-14(24-16)21-10-4-2-1-3-5-11(17(28)29)22-19(32)23-12(18(30)31)6-9-15(26)27/h7-8,11-12H,1-6,9-10H2,(H,21,24)(H,26,27)(H,28,29)(H,30,31)(H2,22,23,32)/t11-,12-/m0/s1. The van der Waals surface area contributed by atoms with Gasteiger partial charge >= 0.3 is 29.6 Å². The van der Waals surface area contributed by atoms with Crippen LogP contribution in [0.1, 0.15) is 44.9 Å². The maximum Gasteiger partial charge on any atom is 0.326 e. The minimum absolute atomic E-state index is 0.0815. The molecule has 34 heavy (non-hydrogen) atoms. The van der Waals surface area contributed by atoms with Crippen molar-refractivity contribution in [1.29, 1.82) is 0 Å². The van der Waals surface area contributed by atoms with E-state index in [1.807, 2.05) is 0 Å². The van der Waals surface area contributed by atoms with Gasteiger partial charge in [0.05, 0.1) is 4.92 Å². The van der Waals surface area contributed by atoms with Crippen LogP contribution >= 0.6 is 0 Å². The zero-order chi connectivity index (χ0) is 25.7. The van der Waals surface area contributed by atoms with E-state index >= 15 is 0 Å². The number of rotatable bonds is 16. The number of carbonyl (C=O) groups is 4. The molecule has 0 aliphatic carbocycles. The van der Waals surface area contributed by atoms with Gasteiger partial charge < -0.3 is 31.3 Å². The molecule has 0 unspecified atom stereocenters. The number of hydrogen-bond donors (Lipinski definition) is 6. The molecule has 1 heterocycles. The third-order valence-corrected chi connectivity index (χ3v) is 4.61. The molecule has 0 aliphatic heterocycles. The Kier molecular flexibility index (Phi) is 11.7. The van der Waals surface area contributed by atoms with Gasteiger partial charge in [-0.05, 0) is 25.3 Å². The van der Waals surface area contributed by atoms with Gasteiger partial charge in [0.25, 0.3) is 5.95 Å². The molecule has 6 N–H and O–H groups in total. The maximum absolute atomic E-state index is 13.5. The summed E-state index contributed by atoms with van der Waals surface area (Å²) in [7, 11) is 0. The molecule has 0 saturated heterocycles. The molecule has 2 atom stereocenters. The Hall–Kier alpha value is -4.04. The third kappa shape index (κ3) is 10.5. The lowest BCUT2D eigenvalue weighted by Crippen LogP contribution is -2.51. The Bertz CT molecular complexity index is 899. The first-order valence-corrected chi connectivity index (χ1v) is 10.3. The highest BCUT2D eigenvalue weighted by atomic mass is 19.1. The SMILES string of the molecule is O=C(O)CC[C@H](NC(=O)N[C@@H](CCCCCCNc1ccc([N+](=O)[O-])c(F)n1)C(=O)O)C(=O)O. The first-order chi connectivity index (χ1) is 16.0. The molecule has 0 aliphatic rings. The third-order valence-electron chi connectivity index (χ3n) is 4.61. The summed E-state index contributed by atoms with van der Waals surface area (Å²) in [5.74, 6) is -5.03. The molecular weight excluding hydrogens is 461 g/mol. The highest BCUT2D eigenvalue weighted by Gasteiger charge is 2.24. The fraction of sp³-hybridized carbons (Fsp3) is 0.526. The van der Waals surface area contributed by atoms with Crippen molar-refractivity contribution in [3.63, 3.8) is 0 Å². The molecule has 0 bridgehead atoms. The Balaban J connectivity index is 2.34. The molecule has 0 spiro atoms. The Morgan fingerprint density at radius 3 is 2.09 bits per heavy atom. The van der Waals surface area contributed by atoms with Gasteiger partial charge in [0.2, 0.25) is 0 Å². The molecule has 2 amide bonds. The molecule has 0 fully saturated rings. The van der Waals surface area contributed by atoms with Crippen molar-refractivity contribution in [1.82, 2.24) is 15.6 Å². The van der Waals surface area contributed by atoms with Gasteiger partial charge in [-0.2, -0.15) is 9.37 Å². The predicted molar refractivity (Wildman–Crippen MR) is 114 cm³/mol. The number of urea groups is 1. The zero-order valence-corrected chi connectivity index (χ0v) is 18.0. The van der Waals surface area contributed by atoms with Crippen LogP contribution in [0.15, 0.2) is 12.1 Å². The predicted octanol–water partition coefficient (Wildman–Crippen LogP) is 1.56. The highest BCUT2D eigenvalue weighted by Crippen LogP contribution is 2.17. The maximum atomic E-state index is 13.5. The number of nitrogens with zero attached hydrogens (tertiary/aromatic N) is 2. The summed E-state index contributed by atoms with van der Waals surface area (Å²) in [5.41, 5.74) is -0.723. The number of carboxylic acids is 3. The summed E-state index contributed by atoms with van der Waals surface area (Å²) in [6.07, 6.45) is 1.57. The van der Waals surface area contributed by atoms with Crippen LogP contribution in [0.3, 0.4) is 0 Å². The summed E-state index contributed by atoms with van der Waals surface area (Å²) in [5, 5.41) is 44.5. The number of unbranched alkanes of at least 4 members (excludes halogenated alkanes) is 3. The fourth-order valence-electron chi connectivity index (χ4n) is 2.85. The summed E-state index contributed by atoms with van der Waals surface area (Å²) in [6.45, 7) is 0.403. The van der Waals surface area contributed by atoms with Gasteiger partial charge in [0.15, 0.2) is 0 Å². The van der Waals surface area contributed by atoms with Gasteiger partial charge in [-0.15, -0.1) is 0 Å². The lowest BCUT2D eigenvalue weighted by Gasteiger charge is -2.18. The van der Waals surface area contributed by atoms with E-state index in [1.165, 1.54) is 6.07 Å². The first-order valence-electron chi connectivity index (χ1n) is 10.3. The lowest BCUT2D eigenvalue weighted by atomic mass is 10.1.